The first-order chi connectivity index (χ1) is 12.2. The van der Waals surface area contributed by atoms with Gasteiger partial charge in [-0.1, -0.05) is 18.2 Å². The van der Waals surface area contributed by atoms with Crippen LogP contribution in [-0.4, -0.2) is 48.5 Å². The molecule has 5 nitrogen and oxygen atoms in total. The van der Waals surface area contributed by atoms with Crippen molar-refractivity contribution in [3.63, 3.8) is 0 Å². The first kappa shape index (κ1) is 17.4. The van der Waals surface area contributed by atoms with Gasteiger partial charge >= 0.3 is 0 Å². The zero-order valence-corrected chi connectivity index (χ0v) is 14.2. The molecular weight excluding hydrogens is 319 g/mol. The van der Waals surface area contributed by atoms with Crippen LogP contribution in [0.1, 0.15) is 12.1 Å². The fourth-order valence-electron chi connectivity index (χ4n) is 2.98. The highest BCUT2D eigenvalue weighted by atomic mass is 19.1. The van der Waals surface area contributed by atoms with Gasteiger partial charge in [-0.2, -0.15) is 0 Å². The molecule has 1 N–H and O–H groups in total. The van der Waals surface area contributed by atoms with Gasteiger partial charge < -0.3 is 15.1 Å². The van der Waals surface area contributed by atoms with Crippen molar-refractivity contribution in [1.82, 2.24) is 15.2 Å². The summed E-state index contributed by atoms with van der Waals surface area (Å²) in [5, 5.41) is 3.24. The van der Waals surface area contributed by atoms with E-state index in [1.165, 1.54) is 6.07 Å². The van der Waals surface area contributed by atoms with Gasteiger partial charge in [0.25, 0.3) is 0 Å². The maximum absolute atomic E-state index is 13.8. The van der Waals surface area contributed by atoms with Crippen LogP contribution in [0.25, 0.3) is 0 Å². The normalized spacial score (nSPS) is 14.6. The number of nitrogens with zero attached hydrogens (tertiary/aromatic N) is 3. The van der Waals surface area contributed by atoms with Crippen molar-refractivity contribution < 1.29 is 9.18 Å². The zero-order valence-electron chi connectivity index (χ0n) is 14.2. The minimum atomic E-state index is -0.207. The lowest BCUT2D eigenvalue weighted by atomic mass is 10.2. The van der Waals surface area contributed by atoms with Crippen molar-refractivity contribution in [1.29, 1.82) is 0 Å². The highest BCUT2D eigenvalue weighted by Gasteiger charge is 2.22. The van der Waals surface area contributed by atoms with E-state index in [9.17, 15) is 9.18 Å². The van der Waals surface area contributed by atoms with Crippen LogP contribution in [0.4, 0.5) is 10.1 Å². The summed E-state index contributed by atoms with van der Waals surface area (Å²) in [6, 6.07) is 12.6. The Hall–Kier alpha value is -2.47. The summed E-state index contributed by atoms with van der Waals surface area (Å²) in [6.45, 7) is 3.88. The number of amides is 1. The molecule has 0 spiro atoms. The zero-order chi connectivity index (χ0) is 17.5. The third-order valence-corrected chi connectivity index (χ3v) is 4.37. The molecule has 2 aromatic rings. The van der Waals surface area contributed by atoms with Gasteiger partial charge in [-0.05, 0) is 24.3 Å². The Kier molecular flexibility index (Phi) is 5.95. The average molecular weight is 342 g/mol. The van der Waals surface area contributed by atoms with Crippen LogP contribution in [0.2, 0.25) is 0 Å². The number of hydrogen-bond donors (Lipinski definition) is 1. The van der Waals surface area contributed by atoms with Crippen LogP contribution in [0.3, 0.4) is 0 Å². The molecule has 1 aromatic heterocycles. The van der Waals surface area contributed by atoms with E-state index in [2.05, 4.69) is 10.3 Å². The quantitative estimate of drug-likeness (QED) is 0.817. The smallest absolute Gasteiger partial charge is 0.223 e. The fourth-order valence-corrected chi connectivity index (χ4v) is 2.98. The van der Waals surface area contributed by atoms with Gasteiger partial charge in [-0.15, -0.1) is 0 Å². The Bertz CT molecular complexity index is 687. The van der Waals surface area contributed by atoms with E-state index < -0.39 is 0 Å². The number of aromatic nitrogens is 1. The third kappa shape index (κ3) is 4.76. The predicted molar refractivity (Wildman–Crippen MR) is 95.8 cm³/mol. The molecule has 0 saturated carbocycles. The molecule has 0 atom stereocenters. The molecule has 1 aliphatic rings. The number of hydrogen-bond acceptors (Lipinski definition) is 4. The van der Waals surface area contributed by atoms with E-state index in [1.54, 1.807) is 18.3 Å². The average Bonchev–Trinajstić information content (AvgIpc) is 2.66. The number of carbonyl (C=O) groups excluding carboxylic acids is 1. The monoisotopic (exact) mass is 342 g/mol. The topological polar surface area (TPSA) is 48.5 Å². The van der Waals surface area contributed by atoms with E-state index in [0.29, 0.717) is 51.4 Å². The van der Waals surface area contributed by atoms with Gasteiger partial charge in [0.2, 0.25) is 5.91 Å². The molecule has 0 radical (unpaired) electrons. The standard InChI is InChI=1S/C19H23FN4O/c20-17-6-1-2-7-18(17)23-11-13-24(14-12-23)19(25)8-10-21-15-16-5-3-4-9-22-16/h1-7,9,21H,8,10-15H2. The van der Waals surface area contributed by atoms with Crippen molar-refractivity contribution >= 4 is 11.6 Å². The minimum Gasteiger partial charge on any atom is -0.366 e. The molecule has 1 aliphatic heterocycles. The molecule has 1 aromatic carbocycles. The van der Waals surface area contributed by atoms with Gasteiger partial charge in [-0.25, -0.2) is 4.39 Å². The van der Waals surface area contributed by atoms with Crippen LogP contribution in [0, 0.1) is 5.82 Å². The number of para-hydroxylation sites is 1. The number of anilines is 1. The van der Waals surface area contributed by atoms with Crippen molar-refractivity contribution in [3.05, 3.63) is 60.2 Å². The van der Waals surface area contributed by atoms with Crippen LogP contribution < -0.4 is 10.2 Å². The number of pyridine rings is 1. The number of carbonyl (C=O) groups is 1. The maximum atomic E-state index is 13.8. The van der Waals surface area contributed by atoms with Crippen molar-refractivity contribution in [2.75, 3.05) is 37.6 Å². The number of piperazine rings is 1. The predicted octanol–water partition coefficient (Wildman–Crippen LogP) is 2.05. The molecular formula is C19H23FN4O. The van der Waals surface area contributed by atoms with E-state index in [4.69, 9.17) is 0 Å². The number of benzene rings is 1. The van der Waals surface area contributed by atoms with Gasteiger partial charge in [0.15, 0.2) is 0 Å². The fraction of sp³-hybridized carbons (Fsp3) is 0.368. The van der Waals surface area contributed by atoms with Crippen molar-refractivity contribution in [2.45, 2.75) is 13.0 Å². The molecule has 0 aliphatic carbocycles. The second-order valence-electron chi connectivity index (χ2n) is 6.07. The lowest BCUT2D eigenvalue weighted by molar-refractivity contribution is -0.131. The molecule has 1 fully saturated rings. The Morgan fingerprint density at radius 1 is 1.08 bits per heavy atom. The van der Waals surface area contributed by atoms with Gasteiger partial charge in [0.1, 0.15) is 5.82 Å². The largest absolute Gasteiger partial charge is 0.366 e. The Labute approximate surface area is 147 Å². The van der Waals surface area contributed by atoms with Crippen molar-refractivity contribution in [2.24, 2.45) is 0 Å². The molecule has 0 unspecified atom stereocenters. The summed E-state index contributed by atoms with van der Waals surface area (Å²) in [7, 11) is 0. The third-order valence-electron chi connectivity index (χ3n) is 4.37. The first-order valence-electron chi connectivity index (χ1n) is 8.62. The van der Waals surface area contributed by atoms with E-state index >= 15 is 0 Å². The molecule has 2 heterocycles. The van der Waals surface area contributed by atoms with Gasteiger partial charge in [0.05, 0.1) is 11.4 Å². The Morgan fingerprint density at radius 3 is 2.56 bits per heavy atom. The molecule has 132 valence electrons. The summed E-state index contributed by atoms with van der Waals surface area (Å²) in [5.41, 5.74) is 1.58. The molecule has 1 amide bonds. The van der Waals surface area contributed by atoms with E-state index in [1.807, 2.05) is 34.1 Å². The number of nitrogens with one attached hydrogen (secondary N) is 1. The van der Waals surface area contributed by atoms with Gasteiger partial charge in [-0.3, -0.25) is 9.78 Å². The molecule has 3 rings (SSSR count). The first-order valence-corrected chi connectivity index (χ1v) is 8.62. The van der Waals surface area contributed by atoms with Crippen LogP contribution >= 0.6 is 0 Å². The SMILES string of the molecule is O=C(CCNCc1ccccn1)N1CCN(c2ccccc2F)CC1. The second kappa shape index (κ2) is 8.58. The summed E-state index contributed by atoms with van der Waals surface area (Å²) in [5.74, 6) is -0.0669. The number of halogens is 1. The van der Waals surface area contributed by atoms with Crippen LogP contribution in [0.15, 0.2) is 48.7 Å². The molecule has 6 heteroatoms. The maximum Gasteiger partial charge on any atom is 0.223 e. The lowest BCUT2D eigenvalue weighted by Crippen LogP contribution is -2.49. The van der Waals surface area contributed by atoms with E-state index in [-0.39, 0.29) is 11.7 Å². The Balaban J connectivity index is 1.39. The second-order valence-corrected chi connectivity index (χ2v) is 6.07. The van der Waals surface area contributed by atoms with Crippen LogP contribution in [0.5, 0.6) is 0 Å². The highest BCUT2D eigenvalue weighted by molar-refractivity contribution is 5.76. The van der Waals surface area contributed by atoms with Crippen LogP contribution in [-0.2, 0) is 11.3 Å². The lowest BCUT2D eigenvalue weighted by Gasteiger charge is -2.36. The highest BCUT2D eigenvalue weighted by Crippen LogP contribution is 2.20. The summed E-state index contributed by atoms with van der Waals surface area (Å²) in [4.78, 5) is 20.4. The van der Waals surface area contributed by atoms with E-state index in [0.717, 1.165) is 5.69 Å². The molecule has 0 bridgehead atoms. The minimum absolute atomic E-state index is 0.140. The Morgan fingerprint density at radius 2 is 1.84 bits per heavy atom. The summed E-state index contributed by atoms with van der Waals surface area (Å²) >= 11 is 0. The molecule has 25 heavy (non-hydrogen) atoms. The van der Waals surface area contributed by atoms with Crippen molar-refractivity contribution in [3.8, 4) is 0 Å². The summed E-state index contributed by atoms with van der Waals surface area (Å²) in [6.07, 6.45) is 2.23. The number of rotatable bonds is 6. The molecule has 1 saturated heterocycles. The van der Waals surface area contributed by atoms with Gasteiger partial charge in [0, 0.05) is 51.9 Å². The summed E-state index contributed by atoms with van der Waals surface area (Å²) < 4.78 is 13.8.